The van der Waals surface area contributed by atoms with E-state index in [0.29, 0.717) is 51.7 Å². The molecule has 3 heterocycles. The lowest BCUT2D eigenvalue weighted by Gasteiger charge is -2.15. The number of halogens is 1. The Labute approximate surface area is 202 Å². The van der Waals surface area contributed by atoms with E-state index >= 15 is 0 Å². The van der Waals surface area contributed by atoms with Crippen LogP contribution in [0.4, 0.5) is 10.5 Å². The normalized spacial score (nSPS) is 14.8. The number of carbonyl (C=O) groups excluding carboxylic acids is 1. The van der Waals surface area contributed by atoms with Gasteiger partial charge in [-0.25, -0.2) is 4.79 Å². The van der Waals surface area contributed by atoms with Crippen LogP contribution < -0.4 is 5.32 Å². The Morgan fingerprint density at radius 3 is 2.76 bits per heavy atom. The summed E-state index contributed by atoms with van der Waals surface area (Å²) in [6.07, 6.45) is -0.116. The van der Waals surface area contributed by atoms with Crippen LogP contribution in [0, 0.1) is 11.8 Å². The van der Waals surface area contributed by atoms with Crippen LogP contribution in [0.5, 0.6) is 0 Å². The number of carboxylic acid groups (broad SMARTS) is 1. The van der Waals surface area contributed by atoms with Gasteiger partial charge in [0, 0.05) is 22.0 Å². The molecule has 5 rings (SSSR count). The molecule has 10 heteroatoms. The molecule has 172 valence electrons. The number of anilines is 1. The predicted octanol–water partition coefficient (Wildman–Crippen LogP) is 5.96. The number of hydrogen-bond acceptors (Lipinski definition) is 7. The Bertz CT molecular complexity index is 1440. The van der Waals surface area contributed by atoms with Crippen LogP contribution in [0.15, 0.2) is 50.6 Å². The van der Waals surface area contributed by atoms with Gasteiger partial charge in [-0.05, 0) is 55.3 Å². The SMILES string of the molecule is CC(OC(=O)Nc1csnc1C#Cc1cc2cc(C3(C(=O)O)CC3)oc2o1)c1ccccc1Cl. The number of aromatic nitrogens is 1. The minimum atomic E-state index is -0.938. The number of nitrogens with one attached hydrogen (secondary N) is 1. The Morgan fingerprint density at radius 2 is 2.06 bits per heavy atom. The van der Waals surface area contributed by atoms with Crippen molar-refractivity contribution in [1.82, 2.24) is 4.37 Å². The van der Waals surface area contributed by atoms with Gasteiger partial charge >= 0.3 is 12.1 Å². The Morgan fingerprint density at radius 1 is 1.26 bits per heavy atom. The lowest BCUT2D eigenvalue weighted by atomic mass is 10.0. The number of amides is 1. The van der Waals surface area contributed by atoms with Crippen LogP contribution in [0.1, 0.15) is 48.6 Å². The number of nitrogens with zero attached hydrogens (tertiary/aromatic N) is 1. The highest BCUT2D eigenvalue weighted by Gasteiger charge is 2.54. The van der Waals surface area contributed by atoms with Crippen LogP contribution in [0.3, 0.4) is 0 Å². The molecule has 1 aromatic carbocycles. The third-order valence-electron chi connectivity index (χ3n) is 5.58. The smallest absolute Gasteiger partial charge is 0.412 e. The third kappa shape index (κ3) is 4.14. The summed E-state index contributed by atoms with van der Waals surface area (Å²) in [4.78, 5) is 23.8. The fraction of sp³-hybridized carbons (Fsp3) is 0.208. The molecule has 1 amide bonds. The van der Waals surface area contributed by atoms with Crippen LogP contribution in [0.2, 0.25) is 5.02 Å². The van der Waals surface area contributed by atoms with Crippen molar-refractivity contribution in [2.75, 3.05) is 5.32 Å². The van der Waals surface area contributed by atoms with Gasteiger partial charge in [0.05, 0.1) is 11.1 Å². The molecular weight excluding hydrogens is 480 g/mol. The summed E-state index contributed by atoms with van der Waals surface area (Å²) < 4.78 is 20.8. The zero-order valence-corrected chi connectivity index (χ0v) is 19.3. The number of ether oxygens (including phenoxy) is 1. The quantitative estimate of drug-likeness (QED) is 0.327. The van der Waals surface area contributed by atoms with E-state index in [2.05, 4.69) is 21.5 Å². The van der Waals surface area contributed by atoms with Crippen molar-refractivity contribution in [2.24, 2.45) is 0 Å². The predicted molar refractivity (Wildman–Crippen MR) is 125 cm³/mol. The van der Waals surface area contributed by atoms with Crippen molar-refractivity contribution < 1.29 is 28.3 Å². The van der Waals surface area contributed by atoms with E-state index in [4.69, 9.17) is 25.2 Å². The number of benzene rings is 1. The molecule has 0 spiro atoms. The summed E-state index contributed by atoms with van der Waals surface area (Å²) in [6.45, 7) is 1.73. The van der Waals surface area contributed by atoms with E-state index in [-0.39, 0.29) is 5.78 Å². The van der Waals surface area contributed by atoms with Gasteiger partial charge in [-0.1, -0.05) is 29.8 Å². The molecule has 34 heavy (non-hydrogen) atoms. The maximum Gasteiger partial charge on any atom is 0.412 e. The van der Waals surface area contributed by atoms with Gasteiger partial charge in [0.2, 0.25) is 0 Å². The van der Waals surface area contributed by atoms with E-state index in [1.54, 1.807) is 42.6 Å². The van der Waals surface area contributed by atoms with Crippen molar-refractivity contribution in [3.8, 4) is 11.8 Å². The Balaban J connectivity index is 1.27. The standard InChI is InChI=1S/C24H17ClN2O6S/c1-13(16-4-2-3-5-17(16)25)31-23(30)26-19-12-34-27-18(19)7-6-15-10-14-11-20(33-21(14)32-15)24(8-9-24)22(28)29/h2-5,10-13H,8-9H2,1H3,(H,26,30)(H,28,29). The zero-order valence-electron chi connectivity index (χ0n) is 17.8. The average Bonchev–Trinajstić information content (AvgIpc) is 3.12. The van der Waals surface area contributed by atoms with Crippen molar-refractivity contribution in [1.29, 1.82) is 0 Å². The van der Waals surface area contributed by atoms with Crippen LogP contribution in [-0.4, -0.2) is 21.5 Å². The van der Waals surface area contributed by atoms with E-state index in [9.17, 15) is 14.7 Å². The van der Waals surface area contributed by atoms with Crippen molar-refractivity contribution in [3.05, 3.63) is 69.6 Å². The molecule has 0 bridgehead atoms. The van der Waals surface area contributed by atoms with Gasteiger partial charge in [-0.3, -0.25) is 10.1 Å². The topological polar surface area (TPSA) is 115 Å². The molecular formula is C24H17ClN2O6S. The van der Waals surface area contributed by atoms with Gasteiger partial charge in [0.1, 0.15) is 17.3 Å². The number of rotatable bonds is 5. The zero-order chi connectivity index (χ0) is 23.9. The molecule has 0 saturated heterocycles. The summed E-state index contributed by atoms with van der Waals surface area (Å²) in [7, 11) is 0. The van der Waals surface area contributed by atoms with Crippen molar-refractivity contribution >= 4 is 52.0 Å². The summed E-state index contributed by atoms with van der Waals surface area (Å²) in [5, 5.41) is 14.9. The molecule has 0 radical (unpaired) electrons. The highest BCUT2D eigenvalue weighted by atomic mass is 35.5. The number of hydrogen-bond donors (Lipinski definition) is 2. The van der Waals surface area contributed by atoms with Gasteiger partial charge in [0.25, 0.3) is 5.78 Å². The second kappa shape index (κ2) is 8.56. The van der Waals surface area contributed by atoms with Crippen LogP contribution in [0.25, 0.3) is 11.2 Å². The number of carbonyl (C=O) groups is 2. The fourth-order valence-corrected chi connectivity index (χ4v) is 4.40. The molecule has 1 saturated carbocycles. The largest absolute Gasteiger partial charge is 0.480 e. The number of aliphatic carboxylic acids is 1. The fourth-order valence-electron chi connectivity index (χ4n) is 3.53. The maximum atomic E-state index is 12.4. The number of fused-ring (bicyclic) bond motifs is 1. The molecule has 4 aromatic rings. The van der Waals surface area contributed by atoms with Crippen LogP contribution in [-0.2, 0) is 14.9 Å². The van der Waals surface area contributed by atoms with Gasteiger partial charge in [-0.15, -0.1) is 0 Å². The highest BCUT2D eigenvalue weighted by Crippen LogP contribution is 2.50. The third-order valence-corrected chi connectivity index (χ3v) is 6.56. The molecule has 3 aromatic heterocycles. The van der Waals surface area contributed by atoms with Crippen molar-refractivity contribution in [2.45, 2.75) is 31.3 Å². The monoisotopic (exact) mass is 496 g/mol. The van der Waals surface area contributed by atoms with Gasteiger partial charge < -0.3 is 18.7 Å². The molecule has 1 atom stereocenters. The molecule has 1 aliphatic carbocycles. The average molecular weight is 497 g/mol. The first-order valence-electron chi connectivity index (χ1n) is 10.3. The van der Waals surface area contributed by atoms with E-state index < -0.39 is 23.6 Å². The number of carboxylic acids is 1. The molecule has 1 fully saturated rings. The first-order chi connectivity index (χ1) is 16.4. The minimum Gasteiger partial charge on any atom is -0.480 e. The van der Waals surface area contributed by atoms with Gasteiger partial charge in [0.15, 0.2) is 11.5 Å². The number of furan rings is 2. The van der Waals surface area contributed by atoms with E-state index in [0.717, 1.165) is 11.5 Å². The summed E-state index contributed by atoms with van der Waals surface area (Å²) in [6, 6.07) is 10.5. The first kappa shape index (κ1) is 22.1. The molecule has 1 aliphatic rings. The molecule has 2 N–H and O–H groups in total. The summed E-state index contributed by atoms with van der Waals surface area (Å²) in [5.41, 5.74) is 0.517. The van der Waals surface area contributed by atoms with Crippen LogP contribution >= 0.6 is 23.1 Å². The second-order valence-corrected chi connectivity index (χ2v) is 8.91. The second-order valence-electron chi connectivity index (χ2n) is 7.87. The van der Waals surface area contributed by atoms with Crippen molar-refractivity contribution in [3.63, 3.8) is 0 Å². The van der Waals surface area contributed by atoms with E-state index in [1.807, 2.05) is 6.07 Å². The lowest BCUT2D eigenvalue weighted by Crippen LogP contribution is -2.18. The molecule has 1 unspecified atom stereocenters. The van der Waals surface area contributed by atoms with Gasteiger partial charge in [-0.2, -0.15) is 4.37 Å². The van der Waals surface area contributed by atoms with E-state index in [1.165, 1.54) is 0 Å². The minimum absolute atomic E-state index is 0.223. The molecule has 8 nitrogen and oxygen atoms in total. The Hall–Kier alpha value is -3.74. The first-order valence-corrected chi connectivity index (χ1v) is 11.5. The Kier molecular flexibility index (Phi) is 5.55. The molecule has 0 aliphatic heterocycles. The highest BCUT2D eigenvalue weighted by molar-refractivity contribution is 7.04. The summed E-state index contributed by atoms with van der Waals surface area (Å²) in [5.74, 6) is 5.76. The summed E-state index contributed by atoms with van der Waals surface area (Å²) >= 11 is 7.29. The lowest BCUT2D eigenvalue weighted by molar-refractivity contribution is -0.140. The maximum absolute atomic E-state index is 12.4.